The van der Waals surface area contributed by atoms with E-state index in [4.69, 9.17) is 4.74 Å². The largest absolute Gasteiger partial charge is 0.392 e. The van der Waals surface area contributed by atoms with Gasteiger partial charge in [0.25, 0.3) is 0 Å². The summed E-state index contributed by atoms with van der Waals surface area (Å²) in [7, 11) is 0. The van der Waals surface area contributed by atoms with E-state index in [0.717, 1.165) is 51.9 Å². The van der Waals surface area contributed by atoms with Crippen molar-refractivity contribution in [3.05, 3.63) is 23.8 Å². The monoisotopic (exact) mass is 391 g/mol. The molecule has 3 rings (SSSR count). The van der Waals surface area contributed by atoms with Crippen LogP contribution >= 0.6 is 0 Å². The molecule has 0 bridgehead atoms. The van der Waals surface area contributed by atoms with E-state index in [1.807, 2.05) is 6.08 Å². The summed E-state index contributed by atoms with van der Waals surface area (Å²) >= 11 is 0. The minimum Gasteiger partial charge on any atom is -0.392 e. The predicted molar refractivity (Wildman–Crippen MR) is 114 cm³/mol. The molecule has 1 saturated heterocycles. The number of hydrogen-bond acceptors (Lipinski definition) is 4. The van der Waals surface area contributed by atoms with E-state index in [9.17, 15) is 10.2 Å². The molecule has 5 atom stereocenters. The molecule has 0 spiro atoms. The zero-order valence-corrected chi connectivity index (χ0v) is 17.8. The molecular weight excluding hydrogens is 350 g/mol. The van der Waals surface area contributed by atoms with Crippen LogP contribution in [0.5, 0.6) is 0 Å². The predicted octanol–water partition coefficient (Wildman–Crippen LogP) is 3.93. The molecule has 1 heterocycles. The van der Waals surface area contributed by atoms with E-state index in [0.29, 0.717) is 11.8 Å². The zero-order chi connectivity index (χ0) is 19.8. The molecule has 2 aliphatic carbocycles. The van der Waals surface area contributed by atoms with Crippen LogP contribution in [0.3, 0.4) is 0 Å². The van der Waals surface area contributed by atoms with Gasteiger partial charge in [-0.05, 0) is 63.5 Å². The number of allylic oxidation sites excluding steroid dienone is 1. The summed E-state index contributed by atoms with van der Waals surface area (Å²) < 4.78 is 5.84. The summed E-state index contributed by atoms with van der Waals surface area (Å²) in [5, 5.41) is 20.6. The third kappa shape index (κ3) is 6.41. The van der Waals surface area contributed by atoms with Crippen LogP contribution in [0.2, 0.25) is 0 Å². The van der Waals surface area contributed by atoms with Gasteiger partial charge in [-0.1, -0.05) is 50.0 Å². The fourth-order valence-corrected chi connectivity index (χ4v) is 5.36. The quantitative estimate of drug-likeness (QED) is 0.414. The number of aliphatic hydroxyl groups is 2. The Morgan fingerprint density at radius 1 is 1.21 bits per heavy atom. The zero-order valence-electron chi connectivity index (χ0n) is 17.8. The molecule has 0 unspecified atom stereocenters. The average Bonchev–Trinajstić information content (AvgIpc) is 3.37. The van der Waals surface area contributed by atoms with E-state index in [2.05, 4.69) is 24.0 Å². The summed E-state index contributed by atoms with van der Waals surface area (Å²) in [6, 6.07) is 0. The van der Waals surface area contributed by atoms with E-state index in [-0.39, 0.29) is 18.1 Å². The van der Waals surface area contributed by atoms with Gasteiger partial charge in [-0.25, -0.2) is 0 Å². The third-order valence-corrected chi connectivity index (χ3v) is 7.01. The lowest BCUT2D eigenvalue weighted by Gasteiger charge is -2.18. The molecule has 3 aliphatic rings. The first-order valence-electron chi connectivity index (χ1n) is 11.7. The first-order chi connectivity index (χ1) is 13.7. The van der Waals surface area contributed by atoms with Gasteiger partial charge in [0.05, 0.1) is 25.4 Å². The first-order valence-corrected chi connectivity index (χ1v) is 11.7. The van der Waals surface area contributed by atoms with Crippen LogP contribution in [-0.2, 0) is 4.74 Å². The van der Waals surface area contributed by atoms with Crippen molar-refractivity contribution in [3.8, 4) is 0 Å². The SMILES string of the molecule is CCCCC[C@H](O)/C=C/[C@@H]1[C@H]2CC(=CCOCCN3CCCC3)C[C@H]2C[C@H]1O. The summed E-state index contributed by atoms with van der Waals surface area (Å²) in [5.41, 5.74) is 1.50. The van der Waals surface area contributed by atoms with E-state index in [1.165, 1.54) is 44.3 Å². The lowest BCUT2D eigenvalue weighted by Crippen LogP contribution is -2.24. The molecular formula is C24H41NO3. The smallest absolute Gasteiger partial charge is 0.0721 e. The van der Waals surface area contributed by atoms with Crippen LogP contribution in [0.1, 0.15) is 64.7 Å². The Morgan fingerprint density at radius 2 is 2.04 bits per heavy atom. The molecule has 4 heteroatoms. The van der Waals surface area contributed by atoms with Gasteiger partial charge in [0.15, 0.2) is 0 Å². The Hall–Kier alpha value is -0.680. The number of ether oxygens (including phenoxy) is 1. The summed E-state index contributed by atoms with van der Waals surface area (Å²) in [4.78, 5) is 2.49. The van der Waals surface area contributed by atoms with Crippen LogP contribution in [0, 0.1) is 17.8 Å². The Balaban J connectivity index is 1.39. The lowest BCUT2D eigenvalue weighted by molar-refractivity contribution is 0.132. The number of unbranched alkanes of at least 4 members (excludes halogenated alkanes) is 2. The van der Waals surface area contributed by atoms with Crippen LogP contribution in [0.25, 0.3) is 0 Å². The maximum Gasteiger partial charge on any atom is 0.0721 e. The second kappa shape index (κ2) is 11.5. The van der Waals surface area contributed by atoms with Crippen molar-refractivity contribution in [2.45, 2.75) is 76.9 Å². The summed E-state index contributed by atoms with van der Waals surface area (Å²) in [6.07, 6.45) is 15.8. The molecule has 0 radical (unpaired) electrons. The van der Waals surface area contributed by atoms with E-state index in [1.54, 1.807) is 0 Å². The van der Waals surface area contributed by atoms with Crippen LogP contribution in [0.4, 0.5) is 0 Å². The number of aliphatic hydroxyl groups excluding tert-OH is 2. The van der Waals surface area contributed by atoms with Gasteiger partial charge in [0.2, 0.25) is 0 Å². The molecule has 2 saturated carbocycles. The van der Waals surface area contributed by atoms with Crippen LogP contribution in [-0.4, -0.2) is 60.2 Å². The van der Waals surface area contributed by atoms with Gasteiger partial charge in [-0.2, -0.15) is 0 Å². The van der Waals surface area contributed by atoms with Gasteiger partial charge in [-0.15, -0.1) is 0 Å². The third-order valence-electron chi connectivity index (χ3n) is 7.01. The van der Waals surface area contributed by atoms with Crippen molar-refractivity contribution < 1.29 is 14.9 Å². The molecule has 28 heavy (non-hydrogen) atoms. The molecule has 2 N–H and O–H groups in total. The fourth-order valence-electron chi connectivity index (χ4n) is 5.36. The Labute approximate surface area is 171 Å². The Bertz CT molecular complexity index is 512. The van der Waals surface area contributed by atoms with Crippen LogP contribution < -0.4 is 0 Å². The second-order valence-corrected chi connectivity index (χ2v) is 9.15. The molecule has 160 valence electrons. The average molecular weight is 392 g/mol. The normalized spacial score (nSPS) is 33.3. The molecule has 0 aromatic rings. The molecule has 0 amide bonds. The number of likely N-dealkylation sites (tertiary alicyclic amines) is 1. The highest BCUT2D eigenvalue weighted by Crippen LogP contribution is 2.50. The van der Waals surface area contributed by atoms with Crippen LogP contribution in [0.15, 0.2) is 23.8 Å². The Morgan fingerprint density at radius 3 is 2.82 bits per heavy atom. The maximum absolute atomic E-state index is 10.5. The van der Waals surface area contributed by atoms with Gasteiger partial charge < -0.3 is 19.8 Å². The van der Waals surface area contributed by atoms with Crippen molar-refractivity contribution in [2.24, 2.45) is 17.8 Å². The second-order valence-electron chi connectivity index (χ2n) is 9.15. The van der Waals surface area contributed by atoms with Crippen molar-refractivity contribution in [1.82, 2.24) is 4.90 Å². The first kappa shape index (κ1) is 22.0. The van der Waals surface area contributed by atoms with Gasteiger partial charge in [0.1, 0.15) is 0 Å². The van der Waals surface area contributed by atoms with Crippen molar-refractivity contribution in [3.63, 3.8) is 0 Å². The number of fused-ring (bicyclic) bond motifs is 1. The Kier molecular flexibility index (Phi) is 9.04. The highest BCUT2D eigenvalue weighted by Gasteiger charge is 2.44. The molecule has 4 nitrogen and oxygen atoms in total. The van der Waals surface area contributed by atoms with Crippen molar-refractivity contribution in [1.29, 1.82) is 0 Å². The minimum atomic E-state index is -0.363. The van der Waals surface area contributed by atoms with Crippen molar-refractivity contribution >= 4 is 0 Å². The molecule has 0 aromatic heterocycles. The highest BCUT2D eigenvalue weighted by molar-refractivity contribution is 5.18. The minimum absolute atomic E-state index is 0.202. The van der Waals surface area contributed by atoms with E-state index >= 15 is 0 Å². The molecule has 3 fully saturated rings. The standard InChI is InChI=1S/C24H41NO3/c1-2-3-4-7-21(26)8-9-22-23-17-19(16-20(23)18-24(22)27)10-14-28-15-13-25-11-5-6-12-25/h8-10,20-24,26-27H,2-7,11-18H2,1H3/b9-8+,19-10?/t20-,21-,22+,23-,24+/m0/s1. The van der Waals surface area contributed by atoms with Gasteiger partial charge in [0, 0.05) is 12.5 Å². The fraction of sp³-hybridized carbons (Fsp3) is 0.833. The maximum atomic E-state index is 10.5. The lowest BCUT2D eigenvalue weighted by atomic mass is 9.90. The van der Waals surface area contributed by atoms with E-state index < -0.39 is 0 Å². The number of hydrogen-bond donors (Lipinski definition) is 2. The van der Waals surface area contributed by atoms with Crippen molar-refractivity contribution in [2.75, 3.05) is 32.8 Å². The molecule has 0 aromatic carbocycles. The number of nitrogens with zero attached hydrogens (tertiary/aromatic N) is 1. The summed E-state index contributed by atoms with van der Waals surface area (Å²) in [5.74, 6) is 1.33. The highest BCUT2D eigenvalue weighted by atomic mass is 16.5. The van der Waals surface area contributed by atoms with Gasteiger partial charge in [-0.3, -0.25) is 0 Å². The summed E-state index contributed by atoms with van der Waals surface area (Å²) in [6.45, 7) is 7.27. The molecule has 1 aliphatic heterocycles. The van der Waals surface area contributed by atoms with Gasteiger partial charge >= 0.3 is 0 Å². The topological polar surface area (TPSA) is 52.9 Å². The number of rotatable bonds is 11.